The Labute approximate surface area is 101 Å². The number of amides is 2. The molecule has 0 spiro atoms. The number of nitrogens with one attached hydrogen (secondary N) is 2. The van der Waals surface area contributed by atoms with Crippen LogP contribution in [0, 0.1) is 0 Å². The van der Waals surface area contributed by atoms with E-state index in [-0.39, 0.29) is 0 Å². The average Bonchev–Trinajstić information content (AvgIpc) is 2.14. The number of methoxy groups -OCH3 is 2. The largest absolute Gasteiger partial charge is 0.453 e. The fourth-order valence-corrected chi connectivity index (χ4v) is 0.881. The van der Waals surface area contributed by atoms with Gasteiger partial charge >= 0.3 is 12.2 Å². The van der Waals surface area contributed by atoms with E-state index in [0.29, 0.717) is 0 Å². The van der Waals surface area contributed by atoms with Crippen molar-refractivity contribution in [2.75, 3.05) is 14.2 Å². The molecule has 2 amide bonds. The zero-order chi connectivity index (χ0) is 12.1. The molecule has 0 aliphatic carbocycles. The molecule has 0 saturated carbocycles. The van der Waals surface area contributed by atoms with Gasteiger partial charge in [0.15, 0.2) is 6.17 Å². The van der Waals surface area contributed by atoms with Crippen LogP contribution in [0.25, 0.3) is 0 Å². The summed E-state index contributed by atoms with van der Waals surface area (Å²) in [7, 11) is 2.26. The van der Waals surface area contributed by atoms with Crippen molar-refractivity contribution in [1.29, 1.82) is 0 Å². The standard InChI is InChI=1S/C6H9Cl3N2O4/c1-14-4(12)10-3(6(7,8)9)11-5(13)15-2/h3H,1-2H3,(H,10,12)(H,11,13). The first-order valence-corrected chi connectivity index (χ1v) is 4.70. The summed E-state index contributed by atoms with van der Waals surface area (Å²) in [6.45, 7) is 0. The smallest absolute Gasteiger partial charge is 0.408 e. The quantitative estimate of drug-likeness (QED) is 0.591. The van der Waals surface area contributed by atoms with Crippen LogP contribution in [0.1, 0.15) is 0 Å². The van der Waals surface area contributed by atoms with Crippen molar-refractivity contribution in [3.8, 4) is 0 Å². The molecule has 6 nitrogen and oxygen atoms in total. The van der Waals surface area contributed by atoms with Gasteiger partial charge in [0.1, 0.15) is 0 Å². The number of halogens is 3. The minimum Gasteiger partial charge on any atom is -0.453 e. The molecule has 0 bridgehead atoms. The van der Waals surface area contributed by atoms with Gasteiger partial charge in [-0.25, -0.2) is 9.59 Å². The summed E-state index contributed by atoms with van der Waals surface area (Å²) in [4.78, 5) is 21.7. The van der Waals surface area contributed by atoms with E-state index in [0.717, 1.165) is 14.2 Å². The maximum absolute atomic E-state index is 10.8. The maximum Gasteiger partial charge on any atom is 0.408 e. The molecule has 0 aliphatic heterocycles. The predicted octanol–water partition coefficient (Wildman–Crippen LogP) is 1.39. The Morgan fingerprint density at radius 1 is 1.07 bits per heavy atom. The van der Waals surface area contributed by atoms with Crippen LogP contribution < -0.4 is 10.6 Å². The molecule has 0 radical (unpaired) electrons. The van der Waals surface area contributed by atoms with E-state index in [1.54, 1.807) is 0 Å². The number of carbonyl (C=O) groups excluding carboxylic acids is 2. The number of alkyl carbamates (subject to hydrolysis) is 2. The summed E-state index contributed by atoms with van der Waals surface area (Å²) in [6, 6.07) is 0. The molecule has 0 aromatic rings. The van der Waals surface area contributed by atoms with Crippen molar-refractivity contribution in [3.05, 3.63) is 0 Å². The number of ether oxygens (including phenoxy) is 2. The fraction of sp³-hybridized carbons (Fsp3) is 0.667. The van der Waals surface area contributed by atoms with Crippen molar-refractivity contribution < 1.29 is 19.1 Å². The van der Waals surface area contributed by atoms with Gasteiger partial charge in [0.2, 0.25) is 3.79 Å². The van der Waals surface area contributed by atoms with Crippen LogP contribution in [0.15, 0.2) is 0 Å². The number of carbonyl (C=O) groups is 2. The number of hydrogen-bond donors (Lipinski definition) is 2. The van der Waals surface area contributed by atoms with Gasteiger partial charge in [-0.05, 0) is 0 Å². The summed E-state index contributed by atoms with van der Waals surface area (Å²) >= 11 is 16.5. The lowest BCUT2D eigenvalue weighted by Gasteiger charge is -2.24. The van der Waals surface area contributed by atoms with E-state index < -0.39 is 22.1 Å². The molecule has 0 atom stereocenters. The Morgan fingerprint density at radius 3 is 1.60 bits per heavy atom. The maximum atomic E-state index is 10.8. The van der Waals surface area contributed by atoms with Crippen LogP contribution in [0.2, 0.25) is 0 Å². The Hall–Kier alpha value is -0.590. The predicted molar refractivity (Wildman–Crippen MR) is 55.2 cm³/mol. The molecule has 2 N–H and O–H groups in total. The van der Waals surface area contributed by atoms with Crippen molar-refractivity contribution in [3.63, 3.8) is 0 Å². The van der Waals surface area contributed by atoms with Gasteiger partial charge < -0.3 is 9.47 Å². The van der Waals surface area contributed by atoms with Crippen LogP contribution in [-0.4, -0.2) is 36.4 Å². The monoisotopic (exact) mass is 278 g/mol. The summed E-state index contributed by atoms with van der Waals surface area (Å²) in [6.07, 6.45) is -2.98. The Bertz CT molecular complexity index is 225. The van der Waals surface area contributed by atoms with Gasteiger partial charge in [-0.3, -0.25) is 10.6 Å². The van der Waals surface area contributed by atoms with E-state index in [1.807, 2.05) is 0 Å². The van der Waals surface area contributed by atoms with Crippen LogP contribution in [-0.2, 0) is 9.47 Å². The zero-order valence-electron chi connectivity index (χ0n) is 7.84. The van der Waals surface area contributed by atoms with Gasteiger partial charge in [0.05, 0.1) is 14.2 Å². The summed E-state index contributed by atoms with van der Waals surface area (Å²) in [5.74, 6) is 0. The molecule has 88 valence electrons. The van der Waals surface area contributed by atoms with Gasteiger partial charge in [-0.2, -0.15) is 0 Å². The van der Waals surface area contributed by atoms with E-state index in [2.05, 4.69) is 20.1 Å². The molecule has 9 heteroatoms. The third-order valence-corrected chi connectivity index (χ3v) is 1.88. The van der Waals surface area contributed by atoms with E-state index in [1.165, 1.54) is 0 Å². The topological polar surface area (TPSA) is 76.7 Å². The molecule has 0 saturated heterocycles. The van der Waals surface area contributed by atoms with E-state index >= 15 is 0 Å². The zero-order valence-corrected chi connectivity index (χ0v) is 10.1. The van der Waals surface area contributed by atoms with Crippen LogP contribution in [0.4, 0.5) is 9.59 Å². The molecular formula is C6H9Cl3N2O4. The molecule has 0 aromatic carbocycles. The molecule has 0 aromatic heterocycles. The van der Waals surface area contributed by atoms with Crippen molar-refractivity contribution in [1.82, 2.24) is 10.6 Å². The first kappa shape index (κ1) is 14.4. The molecule has 0 fully saturated rings. The fourth-order valence-electron chi connectivity index (χ4n) is 0.553. The second-order valence-electron chi connectivity index (χ2n) is 2.25. The summed E-state index contributed by atoms with van der Waals surface area (Å²) in [5, 5.41) is 4.21. The van der Waals surface area contributed by atoms with Crippen LogP contribution in [0.5, 0.6) is 0 Å². The minimum absolute atomic E-state index is 0.859. The van der Waals surface area contributed by atoms with Gasteiger partial charge in [-0.1, -0.05) is 34.8 Å². The first-order chi connectivity index (χ1) is 6.81. The Morgan fingerprint density at radius 2 is 1.40 bits per heavy atom. The molecule has 15 heavy (non-hydrogen) atoms. The second kappa shape index (κ2) is 6.09. The Balaban J connectivity index is 4.46. The molecular weight excluding hydrogens is 270 g/mol. The highest BCUT2D eigenvalue weighted by Gasteiger charge is 2.35. The lowest BCUT2D eigenvalue weighted by atomic mass is 10.5. The van der Waals surface area contributed by atoms with Gasteiger partial charge in [0.25, 0.3) is 0 Å². The highest BCUT2D eigenvalue weighted by atomic mass is 35.6. The lowest BCUT2D eigenvalue weighted by Crippen LogP contribution is -2.55. The van der Waals surface area contributed by atoms with Crippen molar-refractivity contribution in [2.24, 2.45) is 0 Å². The number of rotatable bonds is 2. The minimum atomic E-state index is -1.93. The van der Waals surface area contributed by atoms with Crippen LogP contribution >= 0.6 is 34.8 Å². The molecule has 0 heterocycles. The average molecular weight is 280 g/mol. The highest BCUT2D eigenvalue weighted by molar-refractivity contribution is 6.68. The number of alkyl halides is 3. The second-order valence-corrected chi connectivity index (χ2v) is 4.62. The number of hydrogen-bond acceptors (Lipinski definition) is 4. The van der Waals surface area contributed by atoms with E-state index in [9.17, 15) is 9.59 Å². The third-order valence-electron chi connectivity index (χ3n) is 1.22. The normalized spacial score (nSPS) is 10.8. The lowest BCUT2D eigenvalue weighted by molar-refractivity contribution is 0.153. The van der Waals surface area contributed by atoms with Crippen LogP contribution in [0.3, 0.4) is 0 Å². The third kappa shape index (κ3) is 5.76. The van der Waals surface area contributed by atoms with Gasteiger partial charge in [-0.15, -0.1) is 0 Å². The molecule has 0 rings (SSSR count). The summed E-state index contributed by atoms with van der Waals surface area (Å²) in [5.41, 5.74) is 0. The van der Waals surface area contributed by atoms with Crippen molar-refractivity contribution >= 4 is 47.0 Å². The molecule has 0 unspecified atom stereocenters. The van der Waals surface area contributed by atoms with E-state index in [4.69, 9.17) is 34.8 Å². The Kier molecular flexibility index (Phi) is 5.85. The SMILES string of the molecule is COC(=O)NC(NC(=O)OC)C(Cl)(Cl)Cl. The summed E-state index contributed by atoms with van der Waals surface area (Å²) < 4.78 is 6.62. The highest BCUT2D eigenvalue weighted by Crippen LogP contribution is 2.29. The molecule has 0 aliphatic rings. The van der Waals surface area contributed by atoms with Crippen molar-refractivity contribution in [2.45, 2.75) is 9.96 Å². The first-order valence-electron chi connectivity index (χ1n) is 3.57. The van der Waals surface area contributed by atoms with Gasteiger partial charge in [0, 0.05) is 0 Å².